The smallest absolute Gasteiger partial charge is 0.225 e. The molecule has 110 valence electrons. The van der Waals surface area contributed by atoms with Crippen LogP contribution in [0.3, 0.4) is 0 Å². The van der Waals surface area contributed by atoms with Gasteiger partial charge in [-0.1, -0.05) is 18.1 Å². The van der Waals surface area contributed by atoms with Crippen molar-refractivity contribution >= 4 is 34.2 Å². The zero-order valence-electron chi connectivity index (χ0n) is 11.8. The molecule has 1 aliphatic rings. The van der Waals surface area contributed by atoms with Crippen LogP contribution in [0.25, 0.3) is 0 Å². The third-order valence-electron chi connectivity index (χ3n) is 3.63. The van der Waals surface area contributed by atoms with Crippen molar-refractivity contribution in [3.8, 4) is 0 Å². The predicted molar refractivity (Wildman–Crippen MR) is 89.3 cm³/mol. The molecule has 0 radical (unpaired) electrons. The van der Waals surface area contributed by atoms with Crippen molar-refractivity contribution in [2.75, 3.05) is 5.32 Å². The summed E-state index contributed by atoms with van der Waals surface area (Å²) in [6.07, 6.45) is 2.80. The summed E-state index contributed by atoms with van der Waals surface area (Å²) in [4.78, 5) is 12.1. The Hall–Kier alpha value is -1.37. The largest absolute Gasteiger partial charge is 0.361 e. The third kappa shape index (κ3) is 3.84. The summed E-state index contributed by atoms with van der Waals surface area (Å²) in [5.41, 5.74) is 1.87. The third-order valence-corrected chi connectivity index (χ3v) is 4.30. The fourth-order valence-electron chi connectivity index (χ4n) is 2.26. The topological polar surface area (TPSA) is 55.1 Å². The van der Waals surface area contributed by atoms with Crippen LogP contribution in [0.1, 0.15) is 49.5 Å². The minimum absolute atomic E-state index is 0.00567. The van der Waals surface area contributed by atoms with Crippen LogP contribution in [0.2, 0.25) is 0 Å². The lowest BCUT2D eigenvalue weighted by atomic mass is 10.0. The van der Waals surface area contributed by atoms with E-state index in [-0.39, 0.29) is 11.8 Å². The molecule has 0 aliphatic heterocycles. The highest BCUT2D eigenvalue weighted by Gasteiger charge is 2.28. The molecule has 0 saturated heterocycles. The van der Waals surface area contributed by atoms with Crippen LogP contribution in [0.4, 0.5) is 5.69 Å². The molecular weight excluding hydrogens is 379 g/mol. The summed E-state index contributed by atoms with van der Waals surface area (Å²) < 4.78 is 6.47. The molecule has 4 nitrogen and oxygen atoms in total. The van der Waals surface area contributed by atoms with Crippen molar-refractivity contribution in [1.82, 2.24) is 5.16 Å². The van der Waals surface area contributed by atoms with E-state index in [9.17, 15) is 4.79 Å². The molecule has 1 aromatic heterocycles. The van der Waals surface area contributed by atoms with Crippen molar-refractivity contribution in [3.05, 3.63) is 45.4 Å². The van der Waals surface area contributed by atoms with Crippen molar-refractivity contribution in [1.29, 1.82) is 0 Å². The minimum Gasteiger partial charge on any atom is -0.361 e. The van der Waals surface area contributed by atoms with Crippen molar-refractivity contribution in [3.63, 3.8) is 0 Å². The normalized spacial score (nSPS) is 15.7. The maximum atomic E-state index is 12.1. The van der Waals surface area contributed by atoms with Crippen LogP contribution < -0.4 is 5.32 Å². The first-order valence-electron chi connectivity index (χ1n) is 7.14. The van der Waals surface area contributed by atoms with E-state index in [1.807, 2.05) is 37.3 Å². The van der Waals surface area contributed by atoms with E-state index in [4.69, 9.17) is 4.52 Å². The van der Waals surface area contributed by atoms with Crippen molar-refractivity contribution < 1.29 is 9.32 Å². The van der Waals surface area contributed by atoms with Gasteiger partial charge in [0.1, 0.15) is 5.76 Å². The van der Waals surface area contributed by atoms with Crippen LogP contribution in [-0.4, -0.2) is 11.1 Å². The average molecular weight is 396 g/mol. The van der Waals surface area contributed by atoms with E-state index in [0.717, 1.165) is 20.7 Å². The summed E-state index contributed by atoms with van der Waals surface area (Å²) >= 11 is 2.23. The van der Waals surface area contributed by atoms with E-state index < -0.39 is 0 Å². The minimum atomic E-state index is -0.00567. The number of anilines is 1. The predicted octanol–water partition coefficient (Wildman–Crippen LogP) is 4.29. The summed E-state index contributed by atoms with van der Waals surface area (Å²) in [7, 11) is 0. The highest BCUT2D eigenvalue weighted by atomic mass is 127. The first-order chi connectivity index (χ1) is 10.1. The van der Waals surface area contributed by atoms with Crippen LogP contribution in [0, 0.1) is 3.57 Å². The van der Waals surface area contributed by atoms with E-state index in [2.05, 4.69) is 33.1 Å². The van der Waals surface area contributed by atoms with Gasteiger partial charge >= 0.3 is 0 Å². The molecule has 0 spiro atoms. The molecular formula is C16H17IN2O2. The molecule has 1 fully saturated rings. The molecule has 1 atom stereocenters. The van der Waals surface area contributed by atoms with Gasteiger partial charge in [-0.2, -0.15) is 0 Å². The summed E-state index contributed by atoms with van der Waals surface area (Å²) in [6.45, 7) is 1.99. The molecule has 1 heterocycles. The van der Waals surface area contributed by atoms with E-state index in [1.54, 1.807) is 0 Å². The van der Waals surface area contributed by atoms with Crippen molar-refractivity contribution in [2.45, 2.75) is 38.0 Å². The second-order valence-electron chi connectivity index (χ2n) is 5.59. The molecule has 1 saturated carbocycles. The number of benzene rings is 1. The van der Waals surface area contributed by atoms with Gasteiger partial charge in [0.25, 0.3) is 0 Å². The van der Waals surface area contributed by atoms with E-state index >= 15 is 0 Å². The van der Waals surface area contributed by atoms with Gasteiger partial charge in [0.2, 0.25) is 5.91 Å². The maximum Gasteiger partial charge on any atom is 0.225 e. The quantitative estimate of drug-likeness (QED) is 0.768. The Morgan fingerprint density at radius 2 is 2.29 bits per heavy atom. The highest BCUT2D eigenvalue weighted by molar-refractivity contribution is 14.1. The average Bonchev–Trinajstić information content (AvgIpc) is 3.16. The standard InChI is InChI=1S/C16H17IN2O2/c1-10(15-9-14(19-21-15)11-5-6-11)7-16(20)18-13-4-2-3-12(17)8-13/h2-4,8-11H,5-7H2,1H3,(H,18,20)/t10-/m1/s1. The number of carbonyl (C=O) groups excluding carboxylic acids is 1. The van der Waals surface area contributed by atoms with Crippen LogP contribution in [-0.2, 0) is 4.79 Å². The zero-order chi connectivity index (χ0) is 14.8. The molecule has 2 aromatic rings. The Labute approximate surface area is 137 Å². The molecule has 3 rings (SSSR count). The van der Waals surface area contributed by atoms with Gasteiger partial charge in [0, 0.05) is 33.6 Å². The number of amides is 1. The molecule has 21 heavy (non-hydrogen) atoms. The van der Waals surface area contributed by atoms with E-state index in [0.29, 0.717) is 12.3 Å². The monoisotopic (exact) mass is 396 g/mol. The number of nitrogens with zero attached hydrogens (tertiary/aromatic N) is 1. The van der Waals surface area contributed by atoms with Gasteiger partial charge in [-0.25, -0.2) is 0 Å². The van der Waals surface area contributed by atoms with E-state index in [1.165, 1.54) is 12.8 Å². The zero-order valence-corrected chi connectivity index (χ0v) is 14.0. The lowest BCUT2D eigenvalue weighted by Crippen LogP contribution is -2.14. The number of nitrogens with one attached hydrogen (secondary N) is 1. The Bertz CT molecular complexity index is 649. The molecule has 0 bridgehead atoms. The van der Waals surface area contributed by atoms with Crippen LogP contribution >= 0.6 is 22.6 Å². The van der Waals surface area contributed by atoms with Gasteiger partial charge < -0.3 is 9.84 Å². The molecule has 1 amide bonds. The number of aromatic nitrogens is 1. The molecule has 1 aromatic carbocycles. The lowest BCUT2D eigenvalue weighted by Gasteiger charge is -2.09. The summed E-state index contributed by atoms with van der Waals surface area (Å²) in [6, 6.07) is 9.76. The highest BCUT2D eigenvalue weighted by Crippen LogP contribution is 2.40. The number of carbonyl (C=O) groups is 1. The molecule has 1 aliphatic carbocycles. The van der Waals surface area contributed by atoms with Gasteiger partial charge in [-0.15, -0.1) is 0 Å². The van der Waals surface area contributed by atoms with Crippen LogP contribution in [0.15, 0.2) is 34.9 Å². The van der Waals surface area contributed by atoms with Gasteiger partial charge in [0.15, 0.2) is 0 Å². The maximum absolute atomic E-state index is 12.1. The Morgan fingerprint density at radius 1 is 1.48 bits per heavy atom. The second-order valence-corrected chi connectivity index (χ2v) is 6.84. The first-order valence-corrected chi connectivity index (χ1v) is 8.21. The van der Waals surface area contributed by atoms with Crippen molar-refractivity contribution in [2.24, 2.45) is 0 Å². The molecule has 5 heteroatoms. The summed E-state index contributed by atoms with van der Waals surface area (Å²) in [5.74, 6) is 1.41. The number of rotatable bonds is 5. The van der Waals surface area contributed by atoms with Gasteiger partial charge in [-0.05, 0) is 53.6 Å². The Morgan fingerprint density at radius 3 is 3.00 bits per heavy atom. The fourth-order valence-corrected chi connectivity index (χ4v) is 2.81. The Balaban J connectivity index is 1.58. The van der Waals surface area contributed by atoms with Gasteiger partial charge in [-0.3, -0.25) is 4.79 Å². The summed E-state index contributed by atoms with van der Waals surface area (Å²) in [5, 5.41) is 7.01. The Kier molecular flexibility index (Phi) is 4.28. The second kappa shape index (κ2) is 6.17. The number of halogens is 1. The lowest BCUT2D eigenvalue weighted by molar-refractivity contribution is -0.116. The van der Waals surface area contributed by atoms with Gasteiger partial charge in [0.05, 0.1) is 5.69 Å². The SMILES string of the molecule is C[C@H](CC(=O)Nc1cccc(I)c1)c1cc(C2CC2)no1. The molecule has 0 unspecified atom stereocenters. The number of hydrogen-bond acceptors (Lipinski definition) is 3. The number of hydrogen-bond donors (Lipinski definition) is 1. The van der Waals surface area contributed by atoms with Crippen LogP contribution in [0.5, 0.6) is 0 Å². The fraction of sp³-hybridized carbons (Fsp3) is 0.375. The first kappa shape index (κ1) is 14.6. The molecule has 1 N–H and O–H groups in total.